The van der Waals surface area contributed by atoms with Gasteiger partial charge < -0.3 is 14.8 Å². The minimum absolute atomic E-state index is 0.184. The standard InChI is InChI=1S/C28H26N2O5S2/c1-34-23-17-22(18-24(19-23)35-2)29-28(31)27(20-9-5-3-6-10-20)36-25-15-13-21(14-16-25)30-37(32,33)26-11-7-4-8-12-26/h3-19,27,30H,1-2H3,(H,29,31). The summed E-state index contributed by atoms with van der Waals surface area (Å²) < 4.78 is 38.4. The van der Waals surface area contributed by atoms with Crippen molar-refractivity contribution in [1.82, 2.24) is 0 Å². The van der Waals surface area contributed by atoms with Crippen LogP contribution in [0, 0.1) is 0 Å². The minimum Gasteiger partial charge on any atom is -0.497 e. The SMILES string of the molecule is COc1cc(NC(=O)C(Sc2ccc(NS(=O)(=O)c3ccccc3)cc2)c2ccccc2)cc(OC)c1. The summed E-state index contributed by atoms with van der Waals surface area (Å²) in [7, 11) is -0.597. The number of carbonyl (C=O) groups excluding carboxylic acids is 1. The van der Waals surface area contributed by atoms with Crippen molar-refractivity contribution in [3.8, 4) is 11.5 Å². The van der Waals surface area contributed by atoms with Gasteiger partial charge >= 0.3 is 0 Å². The van der Waals surface area contributed by atoms with E-state index in [9.17, 15) is 13.2 Å². The molecule has 0 saturated heterocycles. The van der Waals surface area contributed by atoms with E-state index in [-0.39, 0.29) is 10.8 Å². The number of sulfonamides is 1. The Balaban J connectivity index is 1.53. The van der Waals surface area contributed by atoms with Crippen LogP contribution in [0.1, 0.15) is 10.8 Å². The molecule has 0 spiro atoms. The molecule has 0 heterocycles. The van der Waals surface area contributed by atoms with Crippen molar-refractivity contribution in [3.63, 3.8) is 0 Å². The molecule has 7 nitrogen and oxygen atoms in total. The fourth-order valence-corrected chi connectivity index (χ4v) is 5.64. The lowest BCUT2D eigenvalue weighted by Crippen LogP contribution is -2.19. The van der Waals surface area contributed by atoms with Crippen LogP contribution in [-0.2, 0) is 14.8 Å². The highest BCUT2D eigenvalue weighted by Gasteiger charge is 2.23. The van der Waals surface area contributed by atoms with Gasteiger partial charge in [0.25, 0.3) is 10.0 Å². The Hall–Kier alpha value is -3.95. The predicted molar refractivity (Wildman–Crippen MR) is 147 cm³/mol. The smallest absolute Gasteiger partial charge is 0.261 e. The molecule has 0 saturated carbocycles. The molecule has 1 amide bonds. The first-order valence-corrected chi connectivity index (χ1v) is 13.7. The zero-order chi connectivity index (χ0) is 26.3. The maximum atomic E-state index is 13.4. The second-order valence-electron chi connectivity index (χ2n) is 7.94. The van der Waals surface area contributed by atoms with Gasteiger partial charge in [-0.3, -0.25) is 9.52 Å². The van der Waals surface area contributed by atoms with E-state index in [1.54, 1.807) is 74.9 Å². The normalized spacial score (nSPS) is 11.8. The van der Waals surface area contributed by atoms with Crippen molar-refractivity contribution in [1.29, 1.82) is 0 Å². The van der Waals surface area contributed by atoms with Gasteiger partial charge in [-0.1, -0.05) is 48.5 Å². The molecule has 0 aliphatic heterocycles. The van der Waals surface area contributed by atoms with Crippen LogP contribution in [0.25, 0.3) is 0 Å². The number of hydrogen-bond acceptors (Lipinski definition) is 6. The van der Waals surface area contributed by atoms with Gasteiger partial charge in [-0.05, 0) is 42.0 Å². The fourth-order valence-electron chi connectivity index (χ4n) is 3.54. The van der Waals surface area contributed by atoms with Crippen molar-refractivity contribution in [3.05, 3.63) is 109 Å². The molecule has 0 bridgehead atoms. The Morgan fingerprint density at radius 1 is 0.757 bits per heavy atom. The quantitative estimate of drug-likeness (QED) is 0.243. The zero-order valence-electron chi connectivity index (χ0n) is 20.3. The third kappa shape index (κ3) is 6.84. The van der Waals surface area contributed by atoms with Crippen molar-refractivity contribution in [2.45, 2.75) is 15.0 Å². The molecule has 0 aliphatic rings. The minimum atomic E-state index is -3.69. The van der Waals surface area contributed by atoms with Crippen LogP contribution in [0.2, 0.25) is 0 Å². The van der Waals surface area contributed by atoms with Crippen molar-refractivity contribution in [2.75, 3.05) is 24.3 Å². The van der Waals surface area contributed by atoms with E-state index >= 15 is 0 Å². The molecule has 0 fully saturated rings. The molecule has 4 rings (SSSR count). The molecule has 0 aliphatic carbocycles. The maximum Gasteiger partial charge on any atom is 0.261 e. The molecule has 1 unspecified atom stereocenters. The predicted octanol–water partition coefficient (Wildman–Crippen LogP) is 5.98. The average molecular weight is 535 g/mol. The van der Waals surface area contributed by atoms with Crippen LogP contribution in [0.15, 0.2) is 113 Å². The number of anilines is 2. The first kappa shape index (κ1) is 26.1. The van der Waals surface area contributed by atoms with Gasteiger partial charge in [0.15, 0.2) is 0 Å². The number of nitrogens with one attached hydrogen (secondary N) is 2. The number of carbonyl (C=O) groups is 1. The lowest BCUT2D eigenvalue weighted by atomic mass is 10.1. The highest BCUT2D eigenvalue weighted by Crippen LogP contribution is 2.37. The summed E-state index contributed by atoms with van der Waals surface area (Å²) in [5.41, 5.74) is 1.81. The molecule has 4 aromatic rings. The number of hydrogen-bond donors (Lipinski definition) is 2. The third-order valence-electron chi connectivity index (χ3n) is 5.37. The van der Waals surface area contributed by atoms with Gasteiger partial charge in [0.1, 0.15) is 16.7 Å². The van der Waals surface area contributed by atoms with Crippen LogP contribution in [-0.4, -0.2) is 28.5 Å². The fraction of sp³-hybridized carbons (Fsp3) is 0.107. The summed E-state index contributed by atoms with van der Waals surface area (Å²) in [6, 6.07) is 29.7. The van der Waals surface area contributed by atoms with Gasteiger partial charge in [0.05, 0.1) is 19.1 Å². The van der Waals surface area contributed by atoms with Crippen LogP contribution in [0.4, 0.5) is 11.4 Å². The van der Waals surface area contributed by atoms with E-state index in [1.165, 1.54) is 23.9 Å². The van der Waals surface area contributed by atoms with Gasteiger partial charge in [-0.15, -0.1) is 11.8 Å². The van der Waals surface area contributed by atoms with Gasteiger partial charge in [-0.2, -0.15) is 0 Å². The molecule has 4 aromatic carbocycles. The van der Waals surface area contributed by atoms with Gasteiger partial charge in [-0.25, -0.2) is 8.42 Å². The average Bonchev–Trinajstić information content (AvgIpc) is 2.93. The lowest BCUT2D eigenvalue weighted by Gasteiger charge is -2.18. The monoisotopic (exact) mass is 534 g/mol. The van der Waals surface area contributed by atoms with E-state index < -0.39 is 15.3 Å². The van der Waals surface area contributed by atoms with Crippen molar-refractivity contribution < 1.29 is 22.7 Å². The molecule has 190 valence electrons. The Kier molecular flexibility index (Phi) is 8.37. The summed E-state index contributed by atoms with van der Waals surface area (Å²) in [5, 5.41) is 2.39. The summed E-state index contributed by atoms with van der Waals surface area (Å²) in [6.07, 6.45) is 0. The van der Waals surface area contributed by atoms with Crippen LogP contribution < -0.4 is 19.5 Å². The topological polar surface area (TPSA) is 93.7 Å². The second kappa shape index (κ2) is 11.9. The Labute approximate surface area is 220 Å². The van der Waals surface area contributed by atoms with E-state index in [0.29, 0.717) is 22.9 Å². The van der Waals surface area contributed by atoms with E-state index in [1.807, 2.05) is 30.3 Å². The number of methoxy groups -OCH3 is 2. The summed E-state index contributed by atoms with van der Waals surface area (Å²) in [6.45, 7) is 0. The van der Waals surface area contributed by atoms with Crippen LogP contribution >= 0.6 is 11.8 Å². The van der Waals surface area contributed by atoms with E-state index in [0.717, 1.165) is 10.5 Å². The Bertz CT molecular complexity index is 1420. The van der Waals surface area contributed by atoms with Crippen molar-refractivity contribution >= 4 is 39.1 Å². The first-order chi connectivity index (χ1) is 17.9. The zero-order valence-corrected chi connectivity index (χ0v) is 21.9. The molecule has 2 N–H and O–H groups in total. The van der Waals surface area contributed by atoms with E-state index in [2.05, 4.69) is 10.0 Å². The molecule has 1 atom stereocenters. The first-order valence-electron chi connectivity index (χ1n) is 11.3. The Morgan fingerprint density at radius 2 is 1.32 bits per heavy atom. The number of thioether (sulfide) groups is 1. The molecule has 9 heteroatoms. The van der Waals surface area contributed by atoms with Gasteiger partial charge in [0, 0.05) is 34.5 Å². The number of amides is 1. The molecule has 0 radical (unpaired) electrons. The number of rotatable bonds is 10. The van der Waals surface area contributed by atoms with Crippen molar-refractivity contribution in [2.24, 2.45) is 0 Å². The second-order valence-corrected chi connectivity index (χ2v) is 10.8. The molecular formula is C28H26N2O5S2. The van der Waals surface area contributed by atoms with E-state index in [4.69, 9.17) is 9.47 Å². The summed E-state index contributed by atoms with van der Waals surface area (Å²) in [4.78, 5) is 14.4. The Morgan fingerprint density at radius 3 is 1.89 bits per heavy atom. The third-order valence-corrected chi connectivity index (χ3v) is 8.04. The lowest BCUT2D eigenvalue weighted by molar-refractivity contribution is -0.115. The molecule has 0 aromatic heterocycles. The van der Waals surface area contributed by atoms with Crippen LogP contribution in [0.5, 0.6) is 11.5 Å². The van der Waals surface area contributed by atoms with Gasteiger partial charge in [0.2, 0.25) is 5.91 Å². The summed E-state index contributed by atoms with van der Waals surface area (Å²) >= 11 is 1.36. The summed E-state index contributed by atoms with van der Waals surface area (Å²) in [5.74, 6) is 0.902. The maximum absolute atomic E-state index is 13.4. The highest BCUT2D eigenvalue weighted by molar-refractivity contribution is 8.00. The molecular weight excluding hydrogens is 508 g/mol. The number of benzene rings is 4. The molecule has 37 heavy (non-hydrogen) atoms. The highest BCUT2D eigenvalue weighted by atomic mass is 32.2. The number of ether oxygens (including phenoxy) is 2. The largest absolute Gasteiger partial charge is 0.497 e. The van der Waals surface area contributed by atoms with Crippen LogP contribution in [0.3, 0.4) is 0 Å².